The van der Waals surface area contributed by atoms with E-state index in [-0.39, 0.29) is 11.7 Å². The Morgan fingerprint density at radius 3 is 2.50 bits per heavy atom. The summed E-state index contributed by atoms with van der Waals surface area (Å²) in [4.78, 5) is 10.6. The maximum atomic E-state index is 10.6. The van der Waals surface area contributed by atoms with Gasteiger partial charge in [0.25, 0.3) is 0 Å². The summed E-state index contributed by atoms with van der Waals surface area (Å²) in [7, 11) is 0. The fraction of sp³-hybridized carbons (Fsp3) is 0.167. The Morgan fingerprint density at radius 2 is 1.88 bits per heavy atom. The first-order chi connectivity index (χ1) is 11.3. The van der Waals surface area contributed by atoms with Gasteiger partial charge in [-0.05, 0) is 73.7 Å². The van der Waals surface area contributed by atoms with Gasteiger partial charge in [-0.2, -0.15) is 0 Å². The number of carboxylic acids is 1. The molecular formula is C18H16Br2O4. The zero-order chi connectivity index (χ0) is 17.9. The Balaban J connectivity index is 2.33. The van der Waals surface area contributed by atoms with Gasteiger partial charge in [0.05, 0.1) is 4.47 Å². The molecule has 0 radical (unpaired) electrons. The molecule has 0 heterocycles. The van der Waals surface area contributed by atoms with Gasteiger partial charge in [-0.15, -0.1) is 0 Å². The third kappa shape index (κ3) is 4.39. The Kier molecular flexibility index (Phi) is 6.07. The van der Waals surface area contributed by atoms with Crippen LogP contribution in [0.25, 0.3) is 6.08 Å². The highest BCUT2D eigenvalue weighted by molar-refractivity contribution is 9.13. The van der Waals surface area contributed by atoms with Crippen molar-refractivity contribution in [1.29, 1.82) is 0 Å². The molecule has 0 saturated carbocycles. The standard InChI is InChI=1S/C18H16Br2O4/c1-10(2)13-9-12(5-6-14(13)21)24-15-7-3-11(4-8-16(22)23)17(19)18(15)20/h3-10,21H,1-2H3,(H,22,23). The predicted molar refractivity (Wildman–Crippen MR) is 101 cm³/mol. The second kappa shape index (κ2) is 7.85. The lowest BCUT2D eigenvalue weighted by molar-refractivity contribution is -0.131. The molecule has 2 rings (SSSR count). The van der Waals surface area contributed by atoms with Gasteiger partial charge in [-0.3, -0.25) is 0 Å². The average molecular weight is 456 g/mol. The molecule has 0 aliphatic carbocycles. The lowest BCUT2D eigenvalue weighted by Gasteiger charge is -2.14. The van der Waals surface area contributed by atoms with Gasteiger partial charge >= 0.3 is 5.97 Å². The molecule has 2 aromatic rings. The summed E-state index contributed by atoms with van der Waals surface area (Å²) >= 11 is 6.89. The summed E-state index contributed by atoms with van der Waals surface area (Å²) in [5, 5.41) is 18.6. The number of hydrogen-bond donors (Lipinski definition) is 2. The highest BCUT2D eigenvalue weighted by Gasteiger charge is 2.12. The van der Waals surface area contributed by atoms with Crippen molar-refractivity contribution >= 4 is 43.9 Å². The van der Waals surface area contributed by atoms with Gasteiger partial charge in [0.2, 0.25) is 0 Å². The van der Waals surface area contributed by atoms with Crippen molar-refractivity contribution in [2.24, 2.45) is 0 Å². The van der Waals surface area contributed by atoms with E-state index in [4.69, 9.17) is 9.84 Å². The monoisotopic (exact) mass is 454 g/mol. The van der Waals surface area contributed by atoms with E-state index < -0.39 is 5.97 Å². The Morgan fingerprint density at radius 1 is 1.17 bits per heavy atom. The van der Waals surface area contributed by atoms with Crippen LogP contribution in [0.2, 0.25) is 0 Å². The second-order valence-electron chi connectivity index (χ2n) is 5.43. The molecule has 2 N–H and O–H groups in total. The van der Waals surface area contributed by atoms with Gasteiger partial charge in [-0.1, -0.05) is 19.9 Å². The molecule has 0 aliphatic heterocycles. The van der Waals surface area contributed by atoms with Gasteiger partial charge in [0, 0.05) is 16.1 Å². The summed E-state index contributed by atoms with van der Waals surface area (Å²) in [6.45, 7) is 3.99. The number of halogens is 2. The largest absolute Gasteiger partial charge is 0.508 e. The van der Waals surface area contributed by atoms with E-state index in [2.05, 4.69) is 31.9 Å². The van der Waals surface area contributed by atoms with E-state index in [9.17, 15) is 9.90 Å². The molecular weight excluding hydrogens is 440 g/mol. The molecule has 0 unspecified atom stereocenters. The normalized spacial score (nSPS) is 11.2. The minimum atomic E-state index is -1.01. The number of carbonyl (C=O) groups is 1. The molecule has 0 fully saturated rings. The topological polar surface area (TPSA) is 66.8 Å². The Labute approximate surface area is 157 Å². The van der Waals surface area contributed by atoms with Gasteiger partial charge in [0.15, 0.2) is 0 Å². The van der Waals surface area contributed by atoms with Crippen LogP contribution in [0.5, 0.6) is 17.2 Å². The van der Waals surface area contributed by atoms with E-state index in [0.29, 0.717) is 26.0 Å². The number of aromatic hydroxyl groups is 1. The molecule has 126 valence electrons. The van der Waals surface area contributed by atoms with Crippen LogP contribution >= 0.6 is 31.9 Å². The second-order valence-corrected chi connectivity index (χ2v) is 7.02. The van der Waals surface area contributed by atoms with Crippen LogP contribution in [-0.4, -0.2) is 16.2 Å². The number of phenols is 1. The Hall–Kier alpha value is -1.79. The van der Waals surface area contributed by atoms with Crippen LogP contribution in [0.15, 0.2) is 45.4 Å². The summed E-state index contributed by atoms with van der Waals surface area (Å²) in [6.07, 6.45) is 2.57. The van der Waals surface area contributed by atoms with Crippen LogP contribution in [0, 0.1) is 0 Å². The summed E-state index contributed by atoms with van der Waals surface area (Å²) in [5.74, 6) is 0.593. The summed E-state index contributed by atoms with van der Waals surface area (Å²) in [6, 6.07) is 8.61. The quantitative estimate of drug-likeness (QED) is 0.548. The molecule has 4 nitrogen and oxygen atoms in total. The number of phenolic OH excluding ortho intramolecular Hbond substituents is 1. The minimum absolute atomic E-state index is 0.173. The molecule has 2 aromatic carbocycles. The molecule has 0 spiro atoms. The van der Waals surface area contributed by atoms with Crippen molar-refractivity contribution in [1.82, 2.24) is 0 Å². The molecule has 0 saturated heterocycles. The zero-order valence-corrected chi connectivity index (χ0v) is 16.3. The van der Waals surface area contributed by atoms with E-state index >= 15 is 0 Å². The van der Waals surface area contributed by atoms with Crippen LogP contribution in [0.1, 0.15) is 30.9 Å². The first-order valence-electron chi connectivity index (χ1n) is 7.19. The SMILES string of the molecule is CC(C)c1cc(Oc2ccc(C=CC(=O)O)c(Br)c2Br)ccc1O. The fourth-order valence-electron chi connectivity index (χ4n) is 2.10. The lowest BCUT2D eigenvalue weighted by atomic mass is 10.0. The molecule has 0 bridgehead atoms. The third-order valence-corrected chi connectivity index (χ3v) is 5.50. The number of carboxylic acid groups (broad SMARTS) is 1. The van der Waals surface area contributed by atoms with Crippen molar-refractivity contribution in [3.05, 3.63) is 56.5 Å². The third-order valence-electron chi connectivity index (χ3n) is 3.33. The minimum Gasteiger partial charge on any atom is -0.508 e. The molecule has 0 aromatic heterocycles. The number of aliphatic carboxylic acids is 1. The summed E-state index contributed by atoms with van der Waals surface area (Å²) < 4.78 is 7.26. The average Bonchev–Trinajstić information content (AvgIpc) is 2.52. The first-order valence-corrected chi connectivity index (χ1v) is 8.78. The van der Waals surface area contributed by atoms with Crippen molar-refractivity contribution in [2.45, 2.75) is 19.8 Å². The molecule has 24 heavy (non-hydrogen) atoms. The van der Waals surface area contributed by atoms with Gasteiger partial charge in [0.1, 0.15) is 17.2 Å². The highest BCUT2D eigenvalue weighted by Crippen LogP contribution is 2.39. The number of benzene rings is 2. The number of hydrogen-bond acceptors (Lipinski definition) is 3. The van der Waals surface area contributed by atoms with Crippen LogP contribution in [-0.2, 0) is 4.79 Å². The van der Waals surface area contributed by atoms with Crippen LogP contribution in [0.4, 0.5) is 0 Å². The number of rotatable bonds is 5. The number of ether oxygens (including phenoxy) is 1. The maximum Gasteiger partial charge on any atom is 0.328 e. The zero-order valence-electron chi connectivity index (χ0n) is 13.1. The van der Waals surface area contributed by atoms with Gasteiger partial charge < -0.3 is 14.9 Å². The van der Waals surface area contributed by atoms with Crippen LogP contribution in [0.3, 0.4) is 0 Å². The molecule has 0 aliphatic rings. The fourth-order valence-corrected chi connectivity index (χ4v) is 3.00. The summed E-state index contributed by atoms with van der Waals surface area (Å²) in [5.41, 5.74) is 1.52. The van der Waals surface area contributed by atoms with E-state index in [1.807, 2.05) is 13.8 Å². The lowest BCUT2D eigenvalue weighted by Crippen LogP contribution is -1.92. The maximum absolute atomic E-state index is 10.6. The van der Waals surface area contributed by atoms with Crippen molar-refractivity contribution in [3.63, 3.8) is 0 Å². The molecule has 0 atom stereocenters. The molecule has 0 amide bonds. The van der Waals surface area contributed by atoms with E-state index in [0.717, 1.165) is 11.6 Å². The van der Waals surface area contributed by atoms with Crippen LogP contribution < -0.4 is 4.74 Å². The smallest absolute Gasteiger partial charge is 0.328 e. The van der Waals surface area contributed by atoms with E-state index in [1.54, 1.807) is 30.3 Å². The molecule has 6 heteroatoms. The van der Waals surface area contributed by atoms with Gasteiger partial charge in [-0.25, -0.2) is 4.79 Å². The highest BCUT2D eigenvalue weighted by atomic mass is 79.9. The first kappa shape index (κ1) is 18.5. The Bertz CT molecular complexity index is 798. The van der Waals surface area contributed by atoms with Crippen molar-refractivity contribution in [2.75, 3.05) is 0 Å². The van der Waals surface area contributed by atoms with E-state index in [1.165, 1.54) is 6.08 Å². The van der Waals surface area contributed by atoms with Crippen molar-refractivity contribution < 1.29 is 19.7 Å². The predicted octanol–water partition coefficient (Wildman–Crippen LogP) is 5.93. The van der Waals surface area contributed by atoms with Crippen molar-refractivity contribution in [3.8, 4) is 17.2 Å².